The molecule has 0 aliphatic rings. The summed E-state index contributed by atoms with van der Waals surface area (Å²) < 4.78 is 4.59. The van der Waals surface area contributed by atoms with Crippen molar-refractivity contribution in [3.05, 3.63) is 59.7 Å². The molecule has 2 aromatic rings. The van der Waals surface area contributed by atoms with Crippen molar-refractivity contribution < 1.29 is 19.1 Å². The standard InChI is InChI=1S/C18H18N2O4/c1-3-12-4-8-14(9-5-12)19-16(21)17(22)20-15-10-6-13(7-11-15)18(23)24-2/h4-11H,3H2,1-2H3,(H,19,21)(H,20,22). The van der Waals surface area contributed by atoms with Crippen molar-refractivity contribution in [2.24, 2.45) is 0 Å². The van der Waals surface area contributed by atoms with Crippen molar-refractivity contribution in [3.63, 3.8) is 0 Å². The lowest BCUT2D eigenvalue weighted by Crippen LogP contribution is -2.29. The molecule has 0 aromatic heterocycles. The van der Waals surface area contributed by atoms with Crippen molar-refractivity contribution >= 4 is 29.2 Å². The number of methoxy groups -OCH3 is 1. The van der Waals surface area contributed by atoms with Crippen LogP contribution in [0.2, 0.25) is 0 Å². The van der Waals surface area contributed by atoms with Gasteiger partial charge in [0.2, 0.25) is 0 Å². The number of esters is 1. The number of carbonyl (C=O) groups is 3. The lowest BCUT2D eigenvalue weighted by molar-refractivity contribution is -0.132. The Labute approximate surface area is 139 Å². The van der Waals surface area contributed by atoms with Crippen LogP contribution in [0.3, 0.4) is 0 Å². The molecular weight excluding hydrogens is 308 g/mol. The first-order valence-corrected chi connectivity index (χ1v) is 7.43. The zero-order chi connectivity index (χ0) is 17.5. The normalized spacial score (nSPS) is 9.92. The maximum absolute atomic E-state index is 11.9. The molecule has 124 valence electrons. The third-order valence-electron chi connectivity index (χ3n) is 3.39. The van der Waals surface area contributed by atoms with E-state index >= 15 is 0 Å². The summed E-state index contributed by atoms with van der Waals surface area (Å²) in [6.07, 6.45) is 0.899. The Balaban J connectivity index is 1.95. The smallest absolute Gasteiger partial charge is 0.337 e. The van der Waals surface area contributed by atoms with Crippen LogP contribution in [0.15, 0.2) is 48.5 Å². The van der Waals surface area contributed by atoms with E-state index in [9.17, 15) is 14.4 Å². The second-order valence-corrected chi connectivity index (χ2v) is 5.03. The number of hydrogen-bond donors (Lipinski definition) is 2. The Morgan fingerprint density at radius 2 is 1.29 bits per heavy atom. The van der Waals surface area contributed by atoms with Gasteiger partial charge in [-0.25, -0.2) is 4.79 Å². The first-order chi connectivity index (χ1) is 11.5. The van der Waals surface area contributed by atoms with Crippen LogP contribution in [-0.4, -0.2) is 24.9 Å². The van der Waals surface area contributed by atoms with E-state index in [0.29, 0.717) is 16.9 Å². The second-order valence-electron chi connectivity index (χ2n) is 5.03. The van der Waals surface area contributed by atoms with Crippen LogP contribution in [0.4, 0.5) is 11.4 Å². The Morgan fingerprint density at radius 1 is 0.833 bits per heavy atom. The zero-order valence-electron chi connectivity index (χ0n) is 13.5. The van der Waals surface area contributed by atoms with Crippen LogP contribution < -0.4 is 10.6 Å². The predicted octanol–water partition coefficient (Wildman–Crippen LogP) is 2.61. The lowest BCUT2D eigenvalue weighted by atomic mass is 10.1. The topological polar surface area (TPSA) is 84.5 Å². The minimum absolute atomic E-state index is 0.357. The molecule has 2 aromatic carbocycles. The molecule has 0 atom stereocenters. The highest BCUT2D eigenvalue weighted by atomic mass is 16.5. The lowest BCUT2D eigenvalue weighted by Gasteiger charge is -2.07. The van der Waals surface area contributed by atoms with Crippen molar-refractivity contribution in [2.45, 2.75) is 13.3 Å². The molecule has 0 heterocycles. The summed E-state index contributed by atoms with van der Waals surface area (Å²) in [6.45, 7) is 2.03. The average Bonchev–Trinajstić information content (AvgIpc) is 2.62. The van der Waals surface area contributed by atoms with Gasteiger partial charge in [0.05, 0.1) is 12.7 Å². The van der Waals surface area contributed by atoms with Gasteiger partial charge in [-0.1, -0.05) is 19.1 Å². The molecule has 6 nitrogen and oxygen atoms in total. The molecule has 2 amide bonds. The third-order valence-corrected chi connectivity index (χ3v) is 3.39. The Hall–Kier alpha value is -3.15. The molecule has 2 N–H and O–H groups in total. The van der Waals surface area contributed by atoms with E-state index in [1.165, 1.54) is 31.4 Å². The summed E-state index contributed by atoms with van der Waals surface area (Å²) in [6, 6.07) is 13.3. The van der Waals surface area contributed by atoms with Crippen molar-refractivity contribution in [2.75, 3.05) is 17.7 Å². The van der Waals surface area contributed by atoms with Gasteiger partial charge in [-0.15, -0.1) is 0 Å². The Bertz CT molecular complexity index is 737. The number of rotatable bonds is 4. The van der Waals surface area contributed by atoms with Crippen molar-refractivity contribution in [1.29, 1.82) is 0 Å². The molecule has 0 aliphatic carbocycles. The molecular formula is C18H18N2O4. The minimum Gasteiger partial charge on any atom is -0.465 e. The number of nitrogens with one attached hydrogen (secondary N) is 2. The van der Waals surface area contributed by atoms with Gasteiger partial charge >= 0.3 is 17.8 Å². The van der Waals surface area contributed by atoms with Gasteiger partial charge in [-0.05, 0) is 48.4 Å². The van der Waals surface area contributed by atoms with E-state index in [1.54, 1.807) is 12.1 Å². The summed E-state index contributed by atoms with van der Waals surface area (Å²) in [4.78, 5) is 35.1. The Kier molecular flexibility index (Phi) is 5.68. The maximum Gasteiger partial charge on any atom is 0.337 e. The number of ether oxygens (including phenoxy) is 1. The molecule has 0 fully saturated rings. The summed E-state index contributed by atoms with van der Waals surface area (Å²) in [5.74, 6) is -2.03. The monoisotopic (exact) mass is 326 g/mol. The van der Waals surface area contributed by atoms with E-state index in [2.05, 4.69) is 15.4 Å². The van der Waals surface area contributed by atoms with E-state index in [-0.39, 0.29) is 0 Å². The van der Waals surface area contributed by atoms with Crippen LogP contribution in [0.1, 0.15) is 22.8 Å². The third kappa shape index (κ3) is 4.42. The fraction of sp³-hybridized carbons (Fsp3) is 0.167. The van der Waals surface area contributed by atoms with Crippen LogP contribution in [0.25, 0.3) is 0 Å². The molecule has 0 saturated heterocycles. The van der Waals surface area contributed by atoms with Gasteiger partial charge in [0.15, 0.2) is 0 Å². The van der Waals surface area contributed by atoms with E-state index in [0.717, 1.165) is 12.0 Å². The van der Waals surface area contributed by atoms with Gasteiger partial charge in [0, 0.05) is 11.4 Å². The predicted molar refractivity (Wildman–Crippen MR) is 90.9 cm³/mol. The molecule has 0 radical (unpaired) electrons. The number of aryl methyl sites for hydroxylation is 1. The summed E-state index contributed by atoms with van der Waals surface area (Å²) in [7, 11) is 1.29. The molecule has 0 spiro atoms. The molecule has 0 saturated carbocycles. The van der Waals surface area contributed by atoms with Crippen LogP contribution in [-0.2, 0) is 20.7 Å². The molecule has 24 heavy (non-hydrogen) atoms. The quantitative estimate of drug-likeness (QED) is 0.668. The van der Waals surface area contributed by atoms with Gasteiger partial charge in [-0.2, -0.15) is 0 Å². The highest BCUT2D eigenvalue weighted by molar-refractivity contribution is 6.43. The van der Waals surface area contributed by atoms with E-state index in [1.807, 2.05) is 19.1 Å². The SMILES string of the molecule is CCc1ccc(NC(=O)C(=O)Nc2ccc(C(=O)OC)cc2)cc1. The van der Waals surface area contributed by atoms with Gasteiger partial charge in [0.25, 0.3) is 0 Å². The molecule has 0 bridgehead atoms. The highest BCUT2D eigenvalue weighted by Gasteiger charge is 2.14. The van der Waals surface area contributed by atoms with E-state index < -0.39 is 17.8 Å². The first-order valence-electron chi connectivity index (χ1n) is 7.43. The number of benzene rings is 2. The average molecular weight is 326 g/mol. The van der Waals surface area contributed by atoms with E-state index in [4.69, 9.17) is 0 Å². The van der Waals surface area contributed by atoms with Crippen LogP contribution in [0, 0.1) is 0 Å². The summed E-state index contributed by atoms with van der Waals surface area (Å²) in [5, 5.41) is 4.99. The molecule has 6 heteroatoms. The Morgan fingerprint density at radius 3 is 1.71 bits per heavy atom. The van der Waals surface area contributed by atoms with Gasteiger partial charge < -0.3 is 15.4 Å². The number of carbonyl (C=O) groups excluding carboxylic acids is 3. The fourth-order valence-corrected chi connectivity index (χ4v) is 2.01. The number of hydrogen-bond acceptors (Lipinski definition) is 4. The largest absolute Gasteiger partial charge is 0.465 e. The molecule has 2 rings (SSSR count). The summed E-state index contributed by atoms with van der Waals surface area (Å²) in [5.41, 5.74) is 2.46. The van der Waals surface area contributed by atoms with Crippen LogP contribution >= 0.6 is 0 Å². The van der Waals surface area contributed by atoms with Gasteiger partial charge in [-0.3, -0.25) is 9.59 Å². The number of anilines is 2. The summed E-state index contributed by atoms with van der Waals surface area (Å²) >= 11 is 0. The minimum atomic E-state index is -0.791. The molecule has 0 unspecified atom stereocenters. The fourth-order valence-electron chi connectivity index (χ4n) is 2.01. The first kappa shape index (κ1) is 17.2. The zero-order valence-corrected chi connectivity index (χ0v) is 13.5. The second kappa shape index (κ2) is 7.92. The maximum atomic E-state index is 11.9. The van der Waals surface area contributed by atoms with Gasteiger partial charge in [0.1, 0.15) is 0 Å². The van der Waals surface area contributed by atoms with Crippen molar-refractivity contribution in [3.8, 4) is 0 Å². The van der Waals surface area contributed by atoms with Crippen molar-refractivity contribution in [1.82, 2.24) is 0 Å². The highest BCUT2D eigenvalue weighted by Crippen LogP contribution is 2.12. The molecule has 0 aliphatic heterocycles. The van der Waals surface area contributed by atoms with Crippen LogP contribution in [0.5, 0.6) is 0 Å². The number of amides is 2.